The van der Waals surface area contributed by atoms with Gasteiger partial charge >= 0.3 is 0 Å². The van der Waals surface area contributed by atoms with Crippen molar-refractivity contribution in [2.24, 2.45) is 0 Å². The third kappa shape index (κ3) is 1.61. The van der Waals surface area contributed by atoms with Crippen LogP contribution in [0.15, 0.2) is 18.2 Å². The molecule has 0 aliphatic rings. The fourth-order valence-corrected chi connectivity index (χ4v) is 0.933. The van der Waals surface area contributed by atoms with Crippen molar-refractivity contribution in [1.82, 2.24) is 0 Å². The molecule has 0 saturated heterocycles. The van der Waals surface area contributed by atoms with Crippen molar-refractivity contribution in [3.8, 4) is 11.5 Å². The van der Waals surface area contributed by atoms with E-state index in [1.54, 1.807) is 12.1 Å². The lowest BCUT2D eigenvalue weighted by atomic mass is 10.2. The van der Waals surface area contributed by atoms with E-state index in [1.807, 2.05) is 13.0 Å². The van der Waals surface area contributed by atoms with E-state index >= 15 is 0 Å². The van der Waals surface area contributed by atoms with Gasteiger partial charge in [0.25, 0.3) is 0 Å². The smallest absolute Gasteiger partial charge is 0.126 e. The highest BCUT2D eigenvalue weighted by molar-refractivity contribution is 7.10. The molecule has 0 bridgehead atoms. The zero-order valence-electron chi connectivity index (χ0n) is 5.66. The predicted molar refractivity (Wildman–Crippen MR) is 43.2 cm³/mol. The second-order valence-corrected chi connectivity index (χ2v) is 2.36. The topological polar surface area (TPSA) is 29.5 Å². The molecule has 10 heavy (non-hydrogen) atoms. The summed E-state index contributed by atoms with van der Waals surface area (Å²) in [7, 11) is 2.13. The van der Waals surface area contributed by atoms with E-state index in [0.717, 1.165) is 5.56 Å². The largest absolute Gasteiger partial charge is 0.508 e. The molecule has 0 heterocycles. The molecule has 1 aromatic rings. The summed E-state index contributed by atoms with van der Waals surface area (Å²) in [5.74, 6) is 0.889. The van der Waals surface area contributed by atoms with Gasteiger partial charge in [-0.05, 0) is 24.6 Å². The molecule has 3 heteroatoms. The highest BCUT2D eigenvalue weighted by Crippen LogP contribution is 2.22. The summed E-state index contributed by atoms with van der Waals surface area (Å²) in [6.45, 7) is 1.90. The van der Waals surface area contributed by atoms with Crippen LogP contribution in [0.4, 0.5) is 0 Å². The lowest BCUT2D eigenvalue weighted by Crippen LogP contribution is -1.76. The van der Waals surface area contributed by atoms with Crippen molar-refractivity contribution in [2.75, 3.05) is 0 Å². The number of aryl methyl sites for hydroxylation is 1. The Bertz CT molecular complexity index is 215. The van der Waals surface area contributed by atoms with E-state index in [1.165, 1.54) is 0 Å². The Morgan fingerprint density at radius 1 is 1.40 bits per heavy atom. The summed E-state index contributed by atoms with van der Waals surface area (Å²) in [5, 5.41) is 9.04. The second-order valence-electron chi connectivity index (χ2n) is 2.12. The molecule has 0 fully saturated rings. The Labute approximate surface area is 62.1 Å². The molecule has 1 aromatic carbocycles. The van der Waals surface area contributed by atoms with E-state index in [4.69, 9.17) is 9.63 Å². The fraction of sp³-hybridized carbons (Fsp3) is 0.143. The molecule has 54 valence electrons. The normalized spacial score (nSPS) is 9.40. The monoisotopic (exact) mass is 156 g/mol. The van der Waals surface area contributed by atoms with Crippen molar-refractivity contribution in [2.45, 2.75) is 6.92 Å². The second kappa shape index (κ2) is 2.89. The number of rotatable bonds is 1. The summed E-state index contributed by atoms with van der Waals surface area (Å²) in [6.07, 6.45) is 0. The standard InChI is InChI=1S/C7H9O2P/c1-5-2-6(8)4-7(3-5)9-10/h2-4,8H,10H2,1H3. The van der Waals surface area contributed by atoms with Crippen LogP contribution < -0.4 is 4.52 Å². The van der Waals surface area contributed by atoms with Crippen molar-refractivity contribution in [3.63, 3.8) is 0 Å². The van der Waals surface area contributed by atoms with Crippen molar-refractivity contribution in [1.29, 1.82) is 0 Å². The van der Waals surface area contributed by atoms with Crippen molar-refractivity contribution in [3.05, 3.63) is 23.8 Å². The zero-order chi connectivity index (χ0) is 7.56. The van der Waals surface area contributed by atoms with Gasteiger partial charge in [0, 0.05) is 6.07 Å². The van der Waals surface area contributed by atoms with Gasteiger partial charge < -0.3 is 9.63 Å². The van der Waals surface area contributed by atoms with Crippen LogP contribution in [-0.2, 0) is 0 Å². The first-order valence-electron chi connectivity index (χ1n) is 2.90. The highest BCUT2D eigenvalue weighted by Gasteiger charge is 1.94. The van der Waals surface area contributed by atoms with E-state index in [-0.39, 0.29) is 5.75 Å². The third-order valence-electron chi connectivity index (χ3n) is 1.17. The maximum Gasteiger partial charge on any atom is 0.126 e. The van der Waals surface area contributed by atoms with Gasteiger partial charge in [0.1, 0.15) is 11.5 Å². The highest BCUT2D eigenvalue weighted by atomic mass is 31.0. The Kier molecular flexibility index (Phi) is 2.13. The van der Waals surface area contributed by atoms with Gasteiger partial charge in [-0.15, -0.1) is 0 Å². The van der Waals surface area contributed by atoms with Gasteiger partial charge in [-0.3, -0.25) is 0 Å². The predicted octanol–water partition coefficient (Wildman–Crippen LogP) is 1.87. The first-order valence-corrected chi connectivity index (χ1v) is 3.37. The molecule has 0 aromatic heterocycles. The molecule has 0 aliphatic heterocycles. The Balaban J connectivity index is 3.06. The molecule has 0 saturated carbocycles. The summed E-state index contributed by atoms with van der Waals surface area (Å²) in [4.78, 5) is 0. The molecule has 0 radical (unpaired) electrons. The quantitative estimate of drug-likeness (QED) is 0.629. The molecule has 0 amide bonds. The fourth-order valence-electron chi connectivity index (χ4n) is 0.796. The molecular formula is C7H9O2P. The molecular weight excluding hydrogens is 147 g/mol. The first kappa shape index (κ1) is 7.36. The summed E-state index contributed by atoms with van der Waals surface area (Å²) in [5.41, 5.74) is 0.984. The minimum atomic E-state index is 0.234. The van der Waals surface area contributed by atoms with Crippen LogP contribution in [0.5, 0.6) is 11.5 Å². The first-order chi connectivity index (χ1) is 4.72. The van der Waals surface area contributed by atoms with Crippen molar-refractivity contribution < 1.29 is 9.63 Å². The van der Waals surface area contributed by atoms with E-state index < -0.39 is 0 Å². The number of phenols is 1. The Morgan fingerprint density at radius 2 is 2.10 bits per heavy atom. The van der Waals surface area contributed by atoms with Gasteiger partial charge in [-0.25, -0.2) is 0 Å². The average molecular weight is 156 g/mol. The summed E-state index contributed by atoms with van der Waals surface area (Å²) < 4.78 is 4.83. The molecule has 1 unspecified atom stereocenters. The number of phenolic OH excluding ortho intramolecular Hbond substituents is 1. The van der Waals surface area contributed by atoms with E-state index in [2.05, 4.69) is 9.47 Å². The summed E-state index contributed by atoms with van der Waals surface area (Å²) >= 11 is 0. The third-order valence-corrected chi connectivity index (χ3v) is 1.44. The molecule has 0 aliphatic carbocycles. The van der Waals surface area contributed by atoms with Gasteiger partial charge in [0.05, 0.1) is 9.47 Å². The number of hydrogen-bond donors (Lipinski definition) is 1. The van der Waals surface area contributed by atoms with Crippen LogP contribution in [0.25, 0.3) is 0 Å². The van der Waals surface area contributed by atoms with Gasteiger partial charge in [0.15, 0.2) is 0 Å². The van der Waals surface area contributed by atoms with E-state index in [9.17, 15) is 0 Å². The van der Waals surface area contributed by atoms with E-state index in [0.29, 0.717) is 5.75 Å². The average Bonchev–Trinajstić information content (AvgIpc) is 1.85. The number of benzene rings is 1. The van der Waals surface area contributed by atoms with Crippen LogP contribution in [0.3, 0.4) is 0 Å². The van der Waals surface area contributed by atoms with Gasteiger partial charge in [-0.1, -0.05) is 0 Å². The SMILES string of the molecule is Cc1cc(O)cc(OP)c1. The van der Waals surface area contributed by atoms with Crippen LogP contribution in [0.1, 0.15) is 5.56 Å². The van der Waals surface area contributed by atoms with Crippen molar-refractivity contribution >= 4 is 9.47 Å². The van der Waals surface area contributed by atoms with Crippen LogP contribution in [0.2, 0.25) is 0 Å². The molecule has 1 rings (SSSR count). The summed E-state index contributed by atoms with van der Waals surface area (Å²) in [6, 6.07) is 5.07. The zero-order valence-corrected chi connectivity index (χ0v) is 6.82. The van der Waals surface area contributed by atoms with Gasteiger partial charge in [-0.2, -0.15) is 0 Å². The van der Waals surface area contributed by atoms with Gasteiger partial charge in [0.2, 0.25) is 0 Å². The lowest BCUT2D eigenvalue weighted by molar-refractivity contribution is 0.471. The molecule has 1 N–H and O–H groups in total. The maximum absolute atomic E-state index is 9.04. The minimum Gasteiger partial charge on any atom is -0.508 e. The minimum absolute atomic E-state index is 0.234. The number of aromatic hydroxyl groups is 1. The molecule has 0 spiro atoms. The van der Waals surface area contributed by atoms with Crippen LogP contribution in [-0.4, -0.2) is 5.11 Å². The molecule has 1 atom stereocenters. The molecule has 2 nitrogen and oxygen atoms in total. The number of hydrogen-bond acceptors (Lipinski definition) is 2. The Hall–Kier alpha value is -0.750. The Morgan fingerprint density at radius 3 is 2.60 bits per heavy atom. The lowest BCUT2D eigenvalue weighted by Gasteiger charge is -2.00. The van der Waals surface area contributed by atoms with Crippen LogP contribution >= 0.6 is 9.47 Å². The van der Waals surface area contributed by atoms with Crippen LogP contribution in [0, 0.1) is 6.92 Å². The maximum atomic E-state index is 9.04.